The molecular weight excluding hydrogens is 1280 g/mol. The van der Waals surface area contributed by atoms with Crippen LogP contribution < -0.4 is 0 Å². The number of hydrogen-bond donors (Lipinski definition) is 0. The summed E-state index contributed by atoms with van der Waals surface area (Å²) in [4.78, 5) is 0. The molecule has 22 aliphatic rings. The van der Waals surface area contributed by atoms with Crippen LogP contribution in [-0.2, 0) is 161 Å². The minimum absolute atomic E-state index is 0.00224. The maximum absolute atomic E-state index is 7.02. The van der Waals surface area contributed by atoms with Crippen molar-refractivity contribution >= 4 is 0 Å². The molecule has 22 fully saturated rings. The van der Waals surface area contributed by atoms with E-state index >= 15 is 0 Å². The highest BCUT2D eigenvalue weighted by Gasteiger charge is 2.63. The Morgan fingerprint density at radius 2 is 0.368 bits per heavy atom. The van der Waals surface area contributed by atoms with Crippen LogP contribution in [0.15, 0.2) is 0 Å². The molecule has 34 nitrogen and oxygen atoms in total. The van der Waals surface area contributed by atoms with Crippen molar-refractivity contribution in [2.45, 2.75) is 215 Å². The number of methoxy groups -OCH3 is 19. The maximum atomic E-state index is 7.02. The molecule has 0 N–H and O–H groups in total. The Morgan fingerprint density at radius 1 is 0.189 bits per heavy atom. The number of ether oxygens (including phenoxy) is 34. The summed E-state index contributed by atoms with van der Waals surface area (Å²) in [7, 11) is 28.9. The van der Waals surface area contributed by atoms with E-state index in [1.54, 1.807) is 0 Å². The molecular formula is C61H106O34. The van der Waals surface area contributed by atoms with Crippen molar-refractivity contribution in [3.8, 4) is 0 Å². The number of rotatable bonds is 25. The molecule has 0 radical (unpaired) electrons. The van der Waals surface area contributed by atoms with Crippen LogP contribution in [0.3, 0.4) is 0 Å². The summed E-state index contributed by atoms with van der Waals surface area (Å²) in [5.41, 5.74) is 0. The van der Waals surface area contributed by atoms with Gasteiger partial charge < -0.3 is 161 Å². The molecule has 0 aromatic carbocycles. The van der Waals surface area contributed by atoms with Gasteiger partial charge in [0, 0.05) is 135 Å². The van der Waals surface area contributed by atoms with Gasteiger partial charge in [0.15, 0.2) is 44.0 Å². The van der Waals surface area contributed by atoms with Crippen LogP contribution in [0.5, 0.6) is 0 Å². The van der Waals surface area contributed by atoms with E-state index in [1.807, 2.05) is 0 Å². The average Bonchev–Trinajstić information content (AvgIpc) is 1.69. The van der Waals surface area contributed by atoms with Crippen LogP contribution in [0, 0.1) is 0 Å². The second kappa shape index (κ2) is 37.2. The quantitative estimate of drug-likeness (QED) is 0.0978. The summed E-state index contributed by atoms with van der Waals surface area (Å²) >= 11 is 0. The third-order valence-corrected chi connectivity index (χ3v) is 19.2. The Morgan fingerprint density at radius 3 is 0.547 bits per heavy atom. The lowest BCUT2D eigenvalue weighted by Gasteiger charge is -2.52. The summed E-state index contributed by atoms with van der Waals surface area (Å²) in [6.07, 6.45) is -34.2. The van der Waals surface area contributed by atoms with Gasteiger partial charge >= 0.3 is 0 Å². The molecule has 95 heavy (non-hydrogen) atoms. The van der Waals surface area contributed by atoms with Crippen LogP contribution in [-0.4, -0.2) is 396 Å². The average molecular weight is 1380 g/mol. The Kier molecular flexibility index (Phi) is 30.5. The van der Waals surface area contributed by atoms with Crippen LogP contribution in [0.4, 0.5) is 0 Å². The van der Waals surface area contributed by atoms with Crippen molar-refractivity contribution in [1.29, 1.82) is 0 Å². The fraction of sp³-hybridized carbons (Fsp3) is 1.00. The molecule has 0 saturated carbocycles. The molecule has 554 valence electrons. The first-order valence-corrected chi connectivity index (χ1v) is 31.9. The fourth-order valence-electron chi connectivity index (χ4n) is 14.8. The van der Waals surface area contributed by atoms with Crippen LogP contribution in [0.1, 0.15) is 0 Å². The highest BCUT2D eigenvalue weighted by Crippen LogP contribution is 2.44. The summed E-state index contributed by atoms with van der Waals surface area (Å²) in [5.74, 6) is 0. The van der Waals surface area contributed by atoms with E-state index in [2.05, 4.69) is 0 Å². The van der Waals surface area contributed by atoms with Crippen molar-refractivity contribution in [1.82, 2.24) is 0 Å². The Balaban J connectivity index is 1.11. The summed E-state index contributed by atoms with van der Waals surface area (Å²) < 4.78 is 220. The third-order valence-electron chi connectivity index (χ3n) is 19.2. The van der Waals surface area contributed by atoms with E-state index in [0.717, 1.165) is 0 Å². The smallest absolute Gasteiger partial charge is 0.187 e. The van der Waals surface area contributed by atoms with Gasteiger partial charge in [0.05, 0.1) is 46.2 Å². The monoisotopic (exact) mass is 1380 g/mol. The van der Waals surface area contributed by atoms with Crippen LogP contribution >= 0.6 is 0 Å². The maximum Gasteiger partial charge on any atom is 0.187 e. The van der Waals surface area contributed by atoms with E-state index < -0.39 is 215 Å². The Bertz CT molecular complexity index is 2170. The minimum Gasteiger partial charge on any atom is -0.382 e. The van der Waals surface area contributed by atoms with Crippen molar-refractivity contribution < 1.29 is 161 Å². The predicted molar refractivity (Wildman–Crippen MR) is 316 cm³/mol. The molecule has 0 aromatic rings. The molecule has 0 aromatic heterocycles. The first kappa shape index (κ1) is 77.8. The highest BCUT2D eigenvalue weighted by atomic mass is 16.8. The molecule has 0 amide bonds. The fourth-order valence-corrected chi connectivity index (χ4v) is 14.8. The van der Waals surface area contributed by atoms with Gasteiger partial charge in [-0.2, -0.15) is 0 Å². The Labute approximate surface area is 555 Å². The first-order chi connectivity index (χ1) is 46.3. The lowest BCUT2D eigenvalue weighted by molar-refractivity contribution is -0.402. The molecule has 35 atom stereocenters. The van der Waals surface area contributed by atoms with E-state index in [-0.39, 0.29) is 46.2 Å². The standard InChI is InChI=1S/C61H106O34/c1-62-20-27-34-41(68-7)49(75-14)56(83-27)91-36-29(22-64-3)85-58(51(77-16)43(36)70-9)93-38-31(24-66-5)87-60(53(79-18)45(38)72-11)95-40-33-26-81-47(40)54(80-19)61(88-33)94-39-32(25-67-6)86-59(52(78-17)46(39)73-12)92-37-30(23-65-4)84-57(50(76-15)44(37)71-10)90-35-28(21-63-2)82-55(89-34)48(74-13)42(35)69-8/h27-61H,20-26H2,1-19H3/t27-,28-,29-,30-,31-,32-,33-,34-,35-,36-,37-,38-,39-,40-,41+,42+,43+,44+,45+,46+,47+,48-,49-,50-,51-,52-,53-,54-,55-,56-,57-,58-,59-,60-,61-/m1/s1. The van der Waals surface area contributed by atoms with Crippen LogP contribution in [0.2, 0.25) is 0 Å². The van der Waals surface area contributed by atoms with Crippen molar-refractivity contribution in [2.24, 2.45) is 0 Å². The molecule has 22 saturated heterocycles. The van der Waals surface area contributed by atoms with E-state index in [4.69, 9.17) is 161 Å². The predicted octanol–water partition coefficient (Wildman–Crippen LogP) is -1.76. The summed E-state index contributed by atoms with van der Waals surface area (Å²) in [5, 5.41) is 0. The van der Waals surface area contributed by atoms with Gasteiger partial charge in [0.1, 0.15) is 171 Å². The zero-order valence-electron chi connectivity index (χ0n) is 58.0. The van der Waals surface area contributed by atoms with Gasteiger partial charge in [-0.05, 0) is 0 Å². The summed E-state index contributed by atoms with van der Waals surface area (Å²) in [6, 6.07) is 0. The molecule has 22 heterocycles. The number of hydrogen-bond acceptors (Lipinski definition) is 34. The lowest BCUT2D eigenvalue weighted by atomic mass is 9.94. The first-order valence-electron chi connectivity index (χ1n) is 31.9. The molecule has 0 spiro atoms. The SMILES string of the molecule is COC[C@H]1O[C@@H]2O[C@H]3[C@H](OC)[C@@H](OC)[C@@H](O[C@H]4[C@H](OC)[C@@H](OC)[C@@H](O[C@H]5[C@H](OC)[C@@H](OC)[C@@H](O[C@H]6[C@@H]7OC[C@H]6O[C@H](O[C@H]6[C@H](OC)[C@@H](OC)[C@@H](O[C@H]8[C@H](OC)[C@@H](OC)[C@@H](O[C@H]1[C@H](OC)[C@H]2OC)O[C@@H]8COC)O[C@@H]6COC)[C@@H]7OC)O[C@@H]5COC)O[C@@H]4COC)O[C@@H]3COC. The Hall–Kier alpha value is -1.36. The van der Waals surface area contributed by atoms with E-state index in [0.29, 0.717) is 0 Å². The summed E-state index contributed by atoms with van der Waals surface area (Å²) in [6.45, 7) is -0.0155. The van der Waals surface area contributed by atoms with Crippen molar-refractivity contribution in [3.63, 3.8) is 0 Å². The molecule has 0 unspecified atom stereocenters. The molecule has 0 aliphatic carbocycles. The van der Waals surface area contributed by atoms with Gasteiger partial charge in [-0.15, -0.1) is 0 Å². The third kappa shape index (κ3) is 16.4. The normalized spacial score (nSPS) is 47.6. The largest absolute Gasteiger partial charge is 0.382 e. The van der Waals surface area contributed by atoms with Crippen molar-refractivity contribution in [2.75, 3.05) is 181 Å². The molecule has 22 rings (SSSR count). The second-order valence-corrected chi connectivity index (χ2v) is 24.1. The topological polar surface area (TPSA) is 314 Å². The van der Waals surface area contributed by atoms with Gasteiger partial charge in [0.25, 0.3) is 0 Å². The van der Waals surface area contributed by atoms with Gasteiger partial charge in [-0.1, -0.05) is 0 Å². The molecule has 34 heteroatoms. The van der Waals surface area contributed by atoms with Gasteiger partial charge in [-0.3, -0.25) is 0 Å². The zero-order valence-corrected chi connectivity index (χ0v) is 58.0. The molecule has 16 bridgehead atoms. The minimum atomic E-state index is -1.21. The highest BCUT2D eigenvalue weighted by molar-refractivity contribution is 5.05. The van der Waals surface area contributed by atoms with Gasteiger partial charge in [-0.25, -0.2) is 0 Å². The second-order valence-electron chi connectivity index (χ2n) is 24.1. The van der Waals surface area contributed by atoms with Gasteiger partial charge in [0.2, 0.25) is 0 Å². The lowest BCUT2D eigenvalue weighted by Crippen LogP contribution is -2.69. The van der Waals surface area contributed by atoms with Crippen LogP contribution in [0.25, 0.3) is 0 Å². The van der Waals surface area contributed by atoms with E-state index in [1.165, 1.54) is 135 Å². The van der Waals surface area contributed by atoms with E-state index in [9.17, 15) is 0 Å². The molecule has 22 aliphatic heterocycles. The zero-order chi connectivity index (χ0) is 68.2. The van der Waals surface area contributed by atoms with Crippen molar-refractivity contribution in [3.05, 3.63) is 0 Å².